The smallest absolute Gasteiger partial charge is 0.243 e. The van der Waals surface area contributed by atoms with E-state index in [4.69, 9.17) is 0 Å². The number of rotatable bonds is 3. The zero-order valence-electron chi connectivity index (χ0n) is 8.89. The second kappa shape index (κ2) is 5.07. The Balaban J connectivity index is 1.86. The maximum atomic E-state index is 11.6. The zero-order valence-corrected chi connectivity index (χ0v) is 9.78. The lowest BCUT2D eigenvalue weighted by molar-refractivity contribution is -0.116. The summed E-state index contributed by atoms with van der Waals surface area (Å²) in [6, 6.07) is 7.41. The van der Waals surface area contributed by atoms with Crippen molar-refractivity contribution in [3.05, 3.63) is 36.5 Å². The molecule has 0 atom stereocenters. The van der Waals surface area contributed by atoms with E-state index in [0.717, 1.165) is 23.5 Å². The van der Waals surface area contributed by atoms with E-state index in [-0.39, 0.29) is 5.91 Å². The largest absolute Gasteiger partial charge is 0.368 e. The highest BCUT2D eigenvalue weighted by Crippen LogP contribution is 2.12. The lowest BCUT2D eigenvalue weighted by atomic mass is 10.3. The van der Waals surface area contributed by atoms with Crippen LogP contribution in [0.15, 0.2) is 41.4 Å². The first-order valence-corrected chi connectivity index (χ1v) is 5.68. The molecule has 16 heavy (non-hydrogen) atoms. The van der Waals surface area contributed by atoms with Crippen molar-refractivity contribution in [1.82, 2.24) is 4.90 Å². The quantitative estimate of drug-likeness (QED) is 0.785. The summed E-state index contributed by atoms with van der Waals surface area (Å²) in [5.74, 6) is 0.0125. The number of nitrogens with one attached hydrogen (secondary N) is 1. The van der Waals surface area contributed by atoms with Gasteiger partial charge in [-0.25, -0.2) is 0 Å². The van der Waals surface area contributed by atoms with Gasteiger partial charge in [-0.2, -0.15) is 0 Å². The second-order valence-corrected chi connectivity index (χ2v) is 4.26. The third kappa shape index (κ3) is 3.03. The predicted octanol–water partition coefficient (Wildman–Crippen LogP) is 2.13. The molecule has 1 aromatic rings. The fourth-order valence-corrected chi connectivity index (χ4v) is 1.75. The molecule has 0 spiro atoms. The van der Waals surface area contributed by atoms with Crippen molar-refractivity contribution in [1.29, 1.82) is 0 Å². The Kier molecular flexibility index (Phi) is 3.51. The van der Waals surface area contributed by atoms with E-state index in [0.29, 0.717) is 6.54 Å². The minimum atomic E-state index is 0.0125. The molecule has 1 aliphatic heterocycles. The molecule has 2 rings (SSSR count). The van der Waals surface area contributed by atoms with Crippen LogP contribution in [0.1, 0.15) is 6.42 Å². The van der Waals surface area contributed by atoms with Crippen molar-refractivity contribution in [2.45, 2.75) is 11.3 Å². The highest BCUT2D eigenvalue weighted by Gasteiger charge is 2.09. The van der Waals surface area contributed by atoms with Gasteiger partial charge in [0.15, 0.2) is 0 Å². The summed E-state index contributed by atoms with van der Waals surface area (Å²) in [5.41, 5.74) is 0.811. The molecule has 0 radical (unpaired) electrons. The number of nitrogens with zero attached hydrogens (tertiary/aromatic N) is 1. The number of thiol groups is 1. The van der Waals surface area contributed by atoms with Gasteiger partial charge in [-0.05, 0) is 36.9 Å². The molecule has 0 saturated heterocycles. The Morgan fingerprint density at radius 1 is 1.38 bits per heavy atom. The predicted molar refractivity (Wildman–Crippen MR) is 67.7 cm³/mol. The van der Waals surface area contributed by atoms with Gasteiger partial charge in [0.05, 0.1) is 6.54 Å². The molecule has 0 aliphatic carbocycles. The molecule has 0 fully saturated rings. The van der Waals surface area contributed by atoms with Gasteiger partial charge < -0.3 is 10.2 Å². The summed E-state index contributed by atoms with van der Waals surface area (Å²) in [6.07, 6.45) is 5.07. The third-order valence-corrected chi connectivity index (χ3v) is 2.70. The average Bonchev–Trinajstić information content (AvgIpc) is 2.74. The summed E-state index contributed by atoms with van der Waals surface area (Å²) in [7, 11) is 0. The number of anilines is 1. The van der Waals surface area contributed by atoms with E-state index in [9.17, 15) is 4.79 Å². The number of hydrogen-bond donors (Lipinski definition) is 2. The van der Waals surface area contributed by atoms with E-state index in [2.05, 4.69) is 24.0 Å². The van der Waals surface area contributed by atoms with Crippen LogP contribution >= 0.6 is 12.6 Å². The van der Waals surface area contributed by atoms with Crippen LogP contribution in [0.3, 0.4) is 0 Å². The van der Waals surface area contributed by atoms with Crippen LogP contribution in [0.2, 0.25) is 0 Å². The lowest BCUT2D eigenvalue weighted by Gasteiger charge is -2.14. The standard InChI is InChI=1S/C12H14N2OS/c15-12(9-14-7-1-2-8-14)13-10-3-5-11(16)6-4-10/h1,3-7,16H,2,8-9H2,(H,13,15). The first-order chi connectivity index (χ1) is 7.74. The monoisotopic (exact) mass is 234 g/mol. The van der Waals surface area contributed by atoms with Crippen molar-refractivity contribution < 1.29 is 4.79 Å². The van der Waals surface area contributed by atoms with Gasteiger partial charge in [-0.3, -0.25) is 4.79 Å². The molecule has 1 N–H and O–H groups in total. The average molecular weight is 234 g/mol. The Bertz CT molecular complexity index is 400. The molecule has 0 saturated carbocycles. The van der Waals surface area contributed by atoms with Gasteiger partial charge in [0, 0.05) is 17.1 Å². The first-order valence-electron chi connectivity index (χ1n) is 5.23. The van der Waals surface area contributed by atoms with E-state index in [1.165, 1.54) is 0 Å². The summed E-state index contributed by atoms with van der Waals surface area (Å²) in [5, 5.41) is 2.85. The molecule has 4 heteroatoms. The molecular formula is C12H14N2OS. The molecule has 1 aromatic carbocycles. The number of hydrogen-bond acceptors (Lipinski definition) is 3. The molecule has 0 aromatic heterocycles. The number of amides is 1. The Labute approximate surface area is 101 Å². The van der Waals surface area contributed by atoms with Crippen LogP contribution in [0, 0.1) is 0 Å². The van der Waals surface area contributed by atoms with E-state index < -0.39 is 0 Å². The third-order valence-electron chi connectivity index (χ3n) is 2.40. The molecule has 1 aliphatic rings. The molecular weight excluding hydrogens is 220 g/mol. The van der Waals surface area contributed by atoms with Crippen molar-refractivity contribution >= 4 is 24.2 Å². The Hall–Kier alpha value is -1.42. The zero-order chi connectivity index (χ0) is 11.4. The second-order valence-electron chi connectivity index (χ2n) is 3.74. The maximum Gasteiger partial charge on any atom is 0.243 e. The van der Waals surface area contributed by atoms with Gasteiger partial charge in [0.25, 0.3) is 0 Å². The van der Waals surface area contributed by atoms with E-state index in [1.54, 1.807) is 0 Å². The maximum absolute atomic E-state index is 11.6. The summed E-state index contributed by atoms with van der Waals surface area (Å²) in [6.45, 7) is 1.35. The summed E-state index contributed by atoms with van der Waals surface area (Å²) >= 11 is 4.19. The number of benzene rings is 1. The van der Waals surface area contributed by atoms with Crippen LogP contribution in [-0.4, -0.2) is 23.9 Å². The van der Waals surface area contributed by atoms with E-state index in [1.807, 2.05) is 35.4 Å². The van der Waals surface area contributed by atoms with Gasteiger partial charge >= 0.3 is 0 Å². The van der Waals surface area contributed by atoms with Crippen molar-refractivity contribution in [2.24, 2.45) is 0 Å². The topological polar surface area (TPSA) is 32.3 Å². The van der Waals surface area contributed by atoms with Crippen molar-refractivity contribution in [3.8, 4) is 0 Å². The SMILES string of the molecule is O=C(CN1C=CCC1)Nc1ccc(S)cc1. The van der Waals surface area contributed by atoms with Gasteiger partial charge in [-0.1, -0.05) is 6.08 Å². The van der Waals surface area contributed by atoms with Crippen molar-refractivity contribution in [2.75, 3.05) is 18.4 Å². The van der Waals surface area contributed by atoms with Gasteiger partial charge in [-0.15, -0.1) is 12.6 Å². The minimum Gasteiger partial charge on any atom is -0.368 e. The fourth-order valence-electron chi connectivity index (χ4n) is 1.60. The first kappa shape index (κ1) is 11.1. The fraction of sp³-hybridized carbons (Fsp3) is 0.250. The lowest BCUT2D eigenvalue weighted by Crippen LogP contribution is -2.28. The molecule has 1 heterocycles. The van der Waals surface area contributed by atoms with Gasteiger partial charge in [0.2, 0.25) is 5.91 Å². The molecule has 3 nitrogen and oxygen atoms in total. The van der Waals surface area contributed by atoms with Crippen LogP contribution < -0.4 is 5.32 Å². The van der Waals surface area contributed by atoms with Crippen LogP contribution in [0.4, 0.5) is 5.69 Å². The number of carbonyl (C=O) groups is 1. The summed E-state index contributed by atoms with van der Waals surface area (Å²) < 4.78 is 0. The van der Waals surface area contributed by atoms with Crippen LogP contribution in [0.5, 0.6) is 0 Å². The van der Waals surface area contributed by atoms with Crippen molar-refractivity contribution in [3.63, 3.8) is 0 Å². The summed E-state index contributed by atoms with van der Waals surface area (Å²) in [4.78, 5) is 14.5. The minimum absolute atomic E-state index is 0.0125. The Morgan fingerprint density at radius 3 is 2.75 bits per heavy atom. The van der Waals surface area contributed by atoms with Crippen LogP contribution in [0.25, 0.3) is 0 Å². The number of carbonyl (C=O) groups excluding carboxylic acids is 1. The van der Waals surface area contributed by atoms with Gasteiger partial charge in [0.1, 0.15) is 0 Å². The Morgan fingerprint density at radius 2 is 2.12 bits per heavy atom. The highest BCUT2D eigenvalue weighted by atomic mass is 32.1. The highest BCUT2D eigenvalue weighted by molar-refractivity contribution is 7.80. The van der Waals surface area contributed by atoms with Crippen LogP contribution in [-0.2, 0) is 4.79 Å². The molecule has 0 unspecified atom stereocenters. The normalized spacial score (nSPS) is 14.2. The molecule has 1 amide bonds. The molecule has 84 valence electrons. The van der Waals surface area contributed by atoms with E-state index >= 15 is 0 Å². The molecule has 0 bridgehead atoms.